The van der Waals surface area contributed by atoms with Gasteiger partial charge in [0, 0.05) is 24.9 Å². The summed E-state index contributed by atoms with van der Waals surface area (Å²) in [5.74, 6) is 0.146. The molecule has 3 saturated carbocycles. The highest BCUT2D eigenvalue weighted by atomic mass is 16.1. The van der Waals surface area contributed by atoms with Gasteiger partial charge in [0.15, 0.2) is 0 Å². The number of nitrogens with zero attached hydrogens (tertiary/aromatic N) is 1. The predicted molar refractivity (Wildman–Crippen MR) is 203 cm³/mol. The van der Waals surface area contributed by atoms with Crippen molar-refractivity contribution in [3.8, 4) is 0 Å². The first-order valence-corrected chi connectivity index (χ1v) is 18.9. The van der Waals surface area contributed by atoms with Crippen LogP contribution in [0.5, 0.6) is 0 Å². The first kappa shape index (κ1) is 36.3. The van der Waals surface area contributed by atoms with Crippen LogP contribution in [0.25, 0.3) is 0 Å². The number of hydrogen-bond donors (Lipinski definition) is 2. The van der Waals surface area contributed by atoms with E-state index in [2.05, 4.69) is 123 Å². The SMILES string of the molecule is CNC(=O)CC1(c2ccc(C)cc2)CC1.Cc1ccc(C2(CCN3CCCC3)CC2)cc1.Cc1ccc(C2(CCNC(C)C)CC2)cc1. The summed E-state index contributed by atoms with van der Waals surface area (Å²) in [4.78, 5) is 14.0. The highest BCUT2D eigenvalue weighted by Crippen LogP contribution is 2.52. The lowest BCUT2D eigenvalue weighted by Crippen LogP contribution is -2.26. The second-order valence-corrected chi connectivity index (χ2v) is 15.9. The Bertz CT molecular complexity index is 1420. The lowest BCUT2D eigenvalue weighted by Gasteiger charge is -2.21. The fourth-order valence-corrected chi connectivity index (χ4v) is 7.48. The van der Waals surface area contributed by atoms with Crippen LogP contribution < -0.4 is 10.6 Å². The highest BCUT2D eigenvalue weighted by molar-refractivity contribution is 5.78. The van der Waals surface area contributed by atoms with E-state index in [9.17, 15) is 4.79 Å². The molecule has 4 fully saturated rings. The zero-order chi connectivity index (χ0) is 34.2. The molecule has 3 aromatic carbocycles. The molecule has 3 aromatic rings. The van der Waals surface area contributed by atoms with Gasteiger partial charge in [-0.3, -0.25) is 4.79 Å². The zero-order valence-corrected chi connectivity index (χ0v) is 31.0. The molecule has 1 amide bonds. The second-order valence-electron chi connectivity index (χ2n) is 15.9. The third-order valence-corrected chi connectivity index (χ3v) is 11.6. The zero-order valence-electron chi connectivity index (χ0n) is 31.0. The van der Waals surface area contributed by atoms with Gasteiger partial charge in [0.2, 0.25) is 5.91 Å². The van der Waals surface area contributed by atoms with E-state index in [1.54, 1.807) is 18.2 Å². The van der Waals surface area contributed by atoms with Crippen molar-refractivity contribution in [3.63, 3.8) is 0 Å². The molecule has 260 valence electrons. The number of rotatable bonds is 12. The van der Waals surface area contributed by atoms with E-state index in [1.165, 1.54) is 93.3 Å². The van der Waals surface area contributed by atoms with Gasteiger partial charge in [0.05, 0.1) is 0 Å². The number of carbonyl (C=O) groups excluding carboxylic acids is 1. The Morgan fingerprint density at radius 1 is 0.646 bits per heavy atom. The summed E-state index contributed by atoms with van der Waals surface area (Å²) >= 11 is 0. The van der Waals surface area contributed by atoms with Crippen LogP contribution in [-0.4, -0.2) is 50.1 Å². The lowest BCUT2D eigenvalue weighted by atomic mass is 9.91. The number of benzene rings is 3. The first-order valence-electron chi connectivity index (χ1n) is 18.9. The normalized spacial score (nSPS) is 19.4. The molecule has 0 bridgehead atoms. The summed E-state index contributed by atoms with van der Waals surface area (Å²) in [7, 11) is 1.70. The van der Waals surface area contributed by atoms with Gasteiger partial charge < -0.3 is 15.5 Å². The maximum absolute atomic E-state index is 11.4. The van der Waals surface area contributed by atoms with Crippen molar-refractivity contribution in [1.82, 2.24) is 15.5 Å². The Morgan fingerprint density at radius 2 is 1.04 bits per heavy atom. The van der Waals surface area contributed by atoms with Gasteiger partial charge in [0.25, 0.3) is 0 Å². The summed E-state index contributed by atoms with van der Waals surface area (Å²) in [6, 6.07) is 27.5. The first-order chi connectivity index (χ1) is 23.1. The van der Waals surface area contributed by atoms with Crippen LogP contribution in [0.4, 0.5) is 0 Å². The molecule has 0 aromatic heterocycles. The van der Waals surface area contributed by atoms with Gasteiger partial charge in [-0.2, -0.15) is 0 Å². The number of hydrogen-bond acceptors (Lipinski definition) is 3. The average molecular weight is 650 g/mol. The Labute approximate surface area is 292 Å². The topological polar surface area (TPSA) is 44.4 Å². The molecule has 3 aliphatic carbocycles. The van der Waals surface area contributed by atoms with E-state index < -0.39 is 0 Å². The molecular weight excluding hydrogens is 587 g/mol. The summed E-state index contributed by atoms with van der Waals surface area (Å²) in [5.41, 5.74) is 9.67. The third-order valence-electron chi connectivity index (χ3n) is 11.6. The molecule has 48 heavy (non-hydrogen) atoms. The quantitative estimate of drug-likeness (QED) is 0.206. The number of likely N-dealkylation sites (tertiary alicyclic amines) is 1. The molecular formula is C44H63N3O. The van der Waals surface area contributed by atoms with Gasteiger partial charge >= 0.3 is 0 Å². The van der Waals surface area contributed by atoms with E-state index in [1.807, 2.05) is 0 Å². The van der Waals surface area contributed by atoms with Crippen LogP contribution in [0.15, 0.2) is 72.8 Å². The Balaban J connectivity index is 0.000000141. The number of nitrogens with one attached hydrogen (secondary N) is 2. The molecule has 1 aliphatic heterocycles. The second kappa shape index (κ2) is 16.2. The average Bonchev–Trinajstić information content (AvgIpc) is 4.04. The number of aryl methyl sites for hydroxylation is 3. The summed E-state index contributed by atoms with van der Waals surface area (Å²) < 4.78 is 0. The van der Waals surface area contributed by atoms with Gasteiger partial charge in [-0.1, -0.05) is 103 Å². The Kier molecular flexibility index (Phi) is 12.2. The van der Waals surface area contributed by atoms with Crippen LogP contribution in [0.1, 0.15) is 118 Å². The standard InChI is InChI=1S/C16H23N.C15H23N.C13H17NO/c1-14-4-6-15(7-5-14)16(8-9-16)10-13-17-11-2-3-12-17;1-12(2)16-11-10-15(8-9-15)14-6-4-13(3)5-7-14;1-10-3-5-11(6-4-10)13(7-8-13)9-12(15)14-2/h4-7H,2-3,8-13H2,1H3;4-7,12,16H,8-11H2,1-3H3;3-6H,7-9H2,1-2H3,(H,14,15). The number of carbonyl (C=O) groups is 1. The van der Waals surface area contributed by atoms with E-state index in [-0.39, 0.29) is 11.3 Å². The molecule has 4 nitrogen and oxygen atoms in total. The van der Waals surface area contributed by atoms with Gasteiger partial charge in [-0.15, -0.1) is 0 Å². The lowest BCUT2D eigenvalue weighted by molar-refractivity contribution is -0.121. The molecule has 4 heteroatoms. The van der Waals surface area contributed by atoms with Crippen molar-refractivity contribution in [2.24, 2.45) is 0 Å². The van der Waals surface area contributed by atoms with Crippen molar-refractivity contribution in [2.45, 2.75) is 128 Å². The fraction of sp³-hybridized carbons (Fsp3) is 0.568. The largest absolute Gasteiger partial charge is 0.359 e. The van der Waals surface area contributed by atoms with E-state index in [0.717, 1.165) is 19.4 Å². The minimum Gasteiger partial charge on any atom is -0.359 e. The maximum atomic E-state index is 11.4. The van der Waals surface area contributed by atoms with Crippen LogP contribution >= 0.6 is 0 Å². The van der Waals surface area contributed by atoms with Crippen molar-refractivity contribution in [1.29, 1.82) is 0 Å². The number of amides is 1. The Hall–Kier alpha value is -2.95. The van der Waals surface area contributed by atoms with Crippen molar-refractivity contribution in [3.05, 3.63) is 106 Å². The molecule has 0 spiro atoms. The van der Waals surface area contributed by atoms with Crippen molar-refractivity contribution >= 4 is 5.91 Å². The van der Waals surface area contributed by atoms with Crippen LogP contribution in [0, 0.1) is 20.8 Å². The molecule has 1 saturated heterocycles. The summed E-state index contributed by atoms with van der Waals surface area (Å²) in [6.45, 7) is 16.0. The molecule has 1 heterocycles. The fourth-order valence-electron chi connectivity index (χ4n) is 7.48. The monoisotopic (exact) mass is 649 g/mol. The van der Waals surface area contributed by atoms with Crippen LogP contribution in [0.3, 0.4) is 0 Å². The minimum atomic E-state index is 0.146. The maximum Gasteiger partial charge on any atom is 0.220 e. The molecule has 7 rings (SSSR count). The van der Waals surface area contributed by atoms with Crippen LogP contribution in [0.2, 0.25) is 0 Å². The molecule has 2 N–H and O–H groups in total. The van der Waals surface area contributed by atoms with E-state index in [4.69, 9.17) is 0 Å². The molecule has 0 radical (unpaired) electrons. The third kappa shape index (κ3) is 10.0. The van der Waals surface area contributed by atoms with E-state index >= 15 is 0 Å². The molecule has 0 atom stereocenters. The van der Waals surface area contributed by atoms with Gasteiger partial charge in [-0.25, -0.2) is 0 Å². The molecule has 4 aliphatic rings. The smallest absolute Gasteiger partial charge is 0.220 e. The van der Waals surface area contributed by atoms with Gasteiger partial charge in [-0.05, 0) is 139 Å². The predicted octanol–water partition coefficient (Wildman–Crippen LogP) is 9.09. The summed E-state index contributed by atoms with van der Waals surface area (Å²) in [6.07, 6.45) is 14.0. The van der Waals surface area contributed by atoms with Gasteiger partial charge in [0.1, 0.15) is 0 Å². The van der Waals surface area contributed by atoms with E-state index in [0.29, 0.717) is 23.3 Å². The summed E-state index contributed by atoms with van der Waals surface area (Å²) in [5, 5.41) is 6.23. The van der Waals surface area contributed by atoms with Crippen LogP contribution in [-0.2, 0) is 21.0 Å². The Morgan fingerprint density at radius 3 is 1.42 bits per heavy atom. The molecule has 0 unspecified atom stereocenters. The van der Waals surface area contributed by atoms with Crippen molar-refractivity contribution in [2.75, 3.05) is 33.2 Å². The van der Waals surface area contributed by atoms with Crippen molar-refractivity contribution < 1.29 is 4.79 Å². The highest BCUT2D eigenvalue weighted by Gasteiger charge is 2.46. The minimum absolute atomic E-state index is 0.146.